The van der Waals surface area contributed by atoms with Gasteiger partial charge in [-0.25, -0.2) is 0 Å². The lowest BCUT2D eigenvalue weighted by atomic mass is 10.1. The fraction of sp³-hybridized carbons (Fsp3) is 0.250. The Hall–Kier alpha value is -1.35. The highest BCUT2D eigenvalue weighted by atomic mass is 35.5. The van der Waals surface area contributed by atoms with Crippen LogP contribution < -0.4 is 15.1 Å². The van der Waals surface area contributed by atoms with Gasteiger partial charge in [-0.05, 0) is 54.2 Å². The molecule has 0 aliphatic carbocycles. The summed E-state index contributed by atoms with van der Waals surface area (Å²) >= 11 is 18.8. The fourth-order valence-electron chi connectivity index (χ4n) is 3.20. The van der Waals surface area contributed by atoms with Crippen LogP contribution in [0.1, 0.15) is 39.3 Å². The lowest BCUT2D eigenvalue weighted by molar-refractivity contribution is 0.482. The first-order chi connectivity index (χ1) is 14.1. The number of halogens is 2. The first kappa shape index (κ1) is 23.3. The van der Waals surface area contributed by atoms with Gasteiger partial charge in [-0.15, -0.1) is 0 Å². The van der Waals surface area contributed by atoms with E-state index >= 15 is 0 Å². The second-order valence-corrected chi connectivity index (χ2v) is 14.0. The molecule has 3 aromatic rings. The van der Waals surface area contributed by atoms with Crippen LogP contribution in [0.5, 0.6) is 11.5 Å². The molecule has 0 heterocycles. The number of nitrogens with one attached hydrogen (secondary N) is 1. The molecule has 0 aromatic heterocycles. The minimum absolute atomic E-state index is 0.00709. The number of hydrogen-bond donors (Lipinski definition) is 1. The van der Waals surface area contributed by atoms with Crippen molar-refractivity contribution in [3.05, 3.63) is 88.4 Å². The van der Waals surface area contributed by atoms with Crippen LogP contribution in [0, 0.1) is 0 Å². The molecule has 2 atom stereocenters. The van der Waals surface area contributed by atoms with E-state index in [9.17, 15) is 0 Å². The van der Waals surface area contributed by atoms with Crippen LogP contribution in [0.3, 0.4) is 0 Å². The zero-order chi connectivity index (χ0) is 21.9. The van der Waals surface area contributed by atoms with E-state index < -0.39 is 6.19 Å². The Bertz CT molecular complexity index is 1050. The van der Waals surface area contributed by atoms with Gasteiger partial charge in [-0.1, -0.05) is 92.2 Å². The lowest BCUT2D eigenvalue weighted by Gasteiger charge is -2.38. The first-order valence-corrected chi connectivity index (χ1v) is 13.3. The minimum atomic E-state index is -2.09. The third kappa shape index (κ3) is 5.28. The molecule has 6 heteroatoms. The summed E-state index contributed by atoms with van der Waals surface area (Å²) in [4.78, 5) is 0. The van der Waals surface area contributed by atoms with Crippen molar-refractivity contribution >= 4 is 46.5 Å². The Kier molecular flexibility index (Phi) is 7.32. The number of benzene rings is 3. The van der Waals surface area contributed by atoms with Crippen molar-refractivity contribution in [1.29, 1.82) is 0 Å². The van der Waals surface area contributed by atoms with Gasteiger partial charge in [0, 0.05) is 27.4 Å². The predicted octanol–water partition coefficient (Wildman–Crippen LogP) is 7.95. The maximum Gasteiger partial charge on any atom is 0.128 e. The molecule has 0 amide bonds. The number of rotatable bonds is 6. The molecule has 0 saturated heterocycles. The molecule has 3 aromatic carbocycles. The van der Waals surface area contributed by atoms with Crippen LogP contribution in [-0.2, 0) is 11.8 Å². The van der Waals surface area contributed by atoms with Crippen molar-refractivity contribution in [1.82, 2.24) is 5.09 Å². The van der Waals surface area contributed by atoms with E-state index in [0.717, 1.165) is 5.56 Å². The fourth-order valence-corrected chi connectivity index (χ4v) is 7.08. The molecule has 0 bridgehead atoms. The Morgan fingerprint density at radius 3 is 2.07 bits per heavy atom. The van der Waals surface area contributed by atoms with Crippen molar-refractivity contribution in [2.24, 2.45) is 0 Å². The van der Waals surface area contributed by atoms with Gasteiger partial charge in [0.05, 0.1) is 0 Å². The summed E-state index contributed by atoms with van der Waals surface area (Å²) < 4.78 is 5.90. The van der Waals surface area contributed by atoms with Crippen molar-refractivity contribution in [3.8, 4) is 11.5 Å². The van der Waals surface area contributed by atoms with E-state index in [0.29, 0.717) is 21.5 Å². The molecule has 30 heavy (non-hydrogen) atoms. The van der Waals surface area contributed by atoms with Gasteiger partial charge in [-0.3, -0.25) is 5.09 Å². The highest BCUT2D eigenvalue weighted by molar-refractivity contribution is 8.18. The normalized spacial score (nSPS) is 14.7. The molecule has 0 spiro atoms. The molecule has 2 nitrogen and oxygen atoms in total. The molecule has 0 radical (unpaired) electrons. The van der Waals surface area contributed by atoms with Crippen LogP contribution in [0.2, 0.25) is 10.0 Å². The lowest BCUT2D eigenvalue weighted by Crippen LogP contribution is -2.33. The van der Waals surface area contributed by atoms with Gasteiger partial charge in [0.1, 0.15) is 11.5 Å². The average Bonchev–Trinajstić information content (AvgIpc) is 2.69. The van der Waals surface area contributed by atoms with Crippen molar-refractivity contribution in [3.63, 3.8) is 0 Å². The SMILES string of the molecule is CC(NP(=S)(c1ccccc1)C(C)(C)C)c1ccc(Oc2ccc(Cl)cc2)cc1Cl. The molecule has 0 saturated carbocycles. The zero-order valence-electron chi connectivity index (χ0n) is 17.5. The van der Waals surface area contributed by atoms with Gasteiger partial charge in [-0.2, -0.15) is 0 Å². The van der Waals surface area contributed by atoms with Crippen LogP contribution in [0.25, 0.3) is 0 Å². The third-order valence-corrected chi connectivity index (χ3v) is 11.8. The second-order valence-electron chi connectivity index (χ2n) is 8.21. The van der Waals surface area contributed by atoms with Gasteiger partial charge in [0.15, 0.2) is 0 Å². The summed E-state index contributed by atoms with van der Waals surface area (Å²) in [5, 5.41) is 6.18. The number of hydrogen-bond acceptors (Lipinski definition) is 2. The topological polar surface area (TPSA) is 21.3 Å². The molecule has 2 unspecified atom stereocenters. The zero-order valence-corrected chi connectivity index (χ0v) is 20.7. The monoisotopic (exact) mass is 477 g/mol. The summed E-state index contributed by atoms with van der Waals surface area (Å²) in [6.45, 7) is 8.71. The quantitative estimate of drug-likeness (QED) is 0.363. The van der Waals surface area contributed by atoms with Crippen LogP contribution in [0.4, 0.5) is 0 Å². The van der Waals surface area contributed by atoms with E-state index in [1.807, 2.05) is 48.5 Å². The first-order valence-electron chi connectivity index (χ1n) is 9.76. The van der Waals surface area contributed by atoms with E-state index in [1.165, 1.54) is 5.30 Å². The van der Waals surface area contributed by atoms with E-state index in [2.05, 4.69) is 44.9 Å². The van der Waals surface area contributed by atoms with Crippen molar-refractivity contribution in [2.75, 3.05) is 0 Å². The molecular formula is C24H26Cl2NOPS. The summed E-state index contributed by atoms with van der Waals surface area (Å²) in [6.07, 6.45) is -2.09. The summed E-state index contributed by atoms with van der Waals surface area (Å²) in [7, 11) is 0. The molecule has 0 aliphatic rings. The van der Waals surface area contributed by atoms with Gasteiger partial charge < -0.3 is 4.74 Å². The standard InChI is InChI=1S/C24H26Cl2NOPS/c1-17(27-29(30,24(2,3)4)21-8-6-5-7-9-21)22-15-14-20(16-23(22)26)28-19-12-10-18(25)11-13-19/h5-17H,1-4H3,(H,27,30). The maximum absolute atomic E-state index is 6.64. The highest BCUT2D eigenvalue weighted by Gasteiger charge is 2.35. The average molecular weight is 478 g/mol. The smallest absolute Gasteiger partial charge is 0.128 e. The molecule has 0 fully saturated rings. The van der Waals surface area contributed by atoms with Crippen LogP contribution >= 0.6 is 29.4 Å². The Morgan fingerprint density at radius 2 is 1.50 bits per heavy atom. The predicted molar refractivity (Wildman–Crippen MR) is 135 cm³/mol. The number of ether oxygens (including phenoxy) is 1. The molecule has 0 aliphatic heterocycles. The molecule has 1 N–H and O–H groups in total. The van der Waals surface area contributed by atoms with E-state index in [1.54, 1.807) is 12.1 Å². The van der Waals surface area contributed by atoms with Crippen molar-refractivity contribution < 1.29 is 4.74 Å². The third-order valence-electron chi connectivity index (χ3n) is 4.93. The molecule has 3 rings (SSSR count). The Balaban J connectivity index is 1.84. The van der Waals surface area contributed by atoms with E-state index in [4.69, 9.17) is 39.7 Å². The summed E-state index contributed by atoms with van der Waals surface area (Å²) in [5.41, 5.74) is 0.995. The van der Waals surface area contributed by atoms with Gasteiger partial charge in [0.25, 0.3) is 0 Å². The summed E-state index contributed by atoms with van der Waals surface area (Å²) in [5.74, 6) is 1.39. The Morgan fingerprint density at radius 1 is 0.900 bits per heavy atom. The molecular weight excluding hydrogens is 452 g/mol. The molecule has 158 valence electrons. The largest absolute Gasteiger partial charge is 0.457 e. The van der Waals surface area contributed by atoms with Gasteiger partial charge in [0.2, 0.25) is 0 Å². The Labute approximate surface area is 194 Å². The minimum Gasteiger partial charge on any atom is -0.457 e. The maximum atomic E-state index is 6.64. The second kappa shape index (κ2) is 9.42. The van der Waals surface area contributed by atoms with Crippen LogP contribution in [-0.4, -0.2) is 5.16 Å². The van der Waals surface area contributed by atoms with Gasteiger partial charge >= 0.3 is 0 Å². The van der Waals surface area contributed by atoms with E-state index in [-0.39, 0.29) is 11.2 Å². The van der Waals surface area contributed by atoms with Crippen LogP contribution in [0.15, 0.2) is 72.8 Å². The summed E-state index contributed by atoms with van der Waals surface area (Å²) in [6, 6.07) is 23.4. The highest BCUT2D eigenvalue weighted by Crippen LogP contribution is 2.55. The van der Waals surface area contributed by atoms with Crippen molar-refractivity contribution in [2.45, 2.75) is 38.9 Å².